The molecule has 0 aliphatic carbocycles. The lowest BCUT2D eigenvalue weighted by Crippen LogP contribution is -2.42. The van der Waals surface area contributed by atoms with Gasteiger partial charge in [0.1, 0.15) is 17.5 Å². The van der Waals surface area contributed by atoms with Crippen molar-refractivity contribution in [2.24, 2.45) is 0 Å². The Balaban J connectivity index is 1.12. The van der Waals surface area contributed by atoms with Crippen LogP contribution in [-0.2, 0) is 15.9 Å². The highest BCUT2D eigenvalue weighted by Gasteiger charge is 2.35. The van der Waals surface area contributed by atoms with Crippen LogP contribution in [0.15, 0.2) is 66.7 Å². The number of hydrogen-bond acceptors (Lipinski definition) is 6. The fourth-order valence-electron chi connectivity index (χ4n) is 5.68. The first-order valence-electron chi connectivity index (χ1n) is 14.7. The van der Waals surface area contributed by atoms with Crippen LogP contribution < -0.4 is 9.47 Å². The van der Waals surface area contributed by atoms with Gasteiger partial charge >= 0.3 is 6.09 Å². The monoisotopic (exact) mass is 623 g/mol. The van der Waals surface area contributed by atoms with Crippen LogP contribution in [0.25, 0.3) is 10.9 Å². The molecule has 4 aromatic rings. The van der Waals surface area contributed by atoms with Gasteiger partial charge in [-0.1, -0.05) is 35.3 Å². The number of benzene rings is 3. The Morgan fingerprint density at radius 2 is 1.63 bits per heavy atom. The van der Waals surface area contributed by atoms with Crippen LogP contribution in [0.2, 0.25) is 10.0 Å². The van der Waals surface area contributed by atoms with Gasteiger partial charge in [0.15, 0.2) is 0 Å². The van der Waals surface area contributed by atoms with Crippen molar-refractivity contribution in [2.45, 2.75) is 18.9 Å². The molecule has 3 aromatic carbocycles. The normalized spacial score (nSPS) is 17.2. The Bertz CT molecular complexity index is 1520. The third-order valence-corrected chi connectivity index (χ3v) is 8.38. The molecule has 1 fully saturated rings. The third kappa shape index (κ3) is 7.28. The number of halogens is 2. The van der Waals surface area contributed by atoms with Crippen LogP contribution in [0.1, 0.15) is 29.3 Å². The van der Waals surface area contributed by atoms with Crippen LogP contribution >= 0.6 is 23.2 Å². The summed E-state index contributed by atoms with van der Waals surface area (Å²) in [4.78, 5) is 21.2. The topological polar surface area (TPSA) is 76.3 Å². The highest BCUT2D eigenvalue weighted by atomic mass is 35.5. The highest BCUT2D eigenvalue weighted by molar-refractivity contribution is 6.31. The minimum Gasteiger partial charge on any atom is -0.494 e. The van der Waals surface area contributed by atoms with Crippen molar-refractivity contribution < 1.29 is 23.7 Å². The van der Waals surface area contributed by atoms with Crippen molar-refractivity contribution in [3.8, 4) is 11.5 Å². The summed E-state index contributed by atoms with van der Waals surface area (Å²) in [6.07, 6.45) is 1.06. The number of carbonyl (C=O) groups excluding carboxylic acids is 1. The van der Waals surface area contributed by atoms with Gasteiger partial charge in [-0.15, -0.1) is 0 Å². The highest BCUT2D eigenvalue weighted by Crippen LogP contribution is 2.40. The number of ether oxygens (including phenoxy) is 4. The fourth-order valence-corrected chi connectivity index (χ4v) is 5.98. The van der Waals surface area contributed by atoms with E-state index >= 15 is 0 Å². The van der Waals surface area contributed by atoms with Crippen LogP contribution in [0.4, 0.5) is 4.79 Å². The van der Waals surface area contributed by atoms with E-state index in [-0.39, 0.29) is 6.04 Å². The average Bonchev–Trinajstić information content (AvgIpc) is 3.40. The number of nitrogens with zero attached hydrogens (tertiary/aromatic N) is 2. The van der Waals surface area contributed by atoms with E-state index in [0.29, 0.717) is 42.0 Å². The predicted molar refractivity (Wildman–Crippen MR) is 168 cm³/mol. The van der Waals surface area contributed by atoms with Crippen molar-refractivity contribution in [1.82, 2.24) is 14.8 Å². The summed E-state index contributed by atoms with van der Waals surface area (Å²) in [7, 11) is 0. The Kier molecular flexibility index (Phi) is 9.71. The second kappa shape index (κ2) is 14.0. The fraction of sp³-hybridized carbons (Fsp3) is 0.364. The SMILES string of the molecule is O=C(Oc1ccc(Cl)cc1)N1CCc2c([nH]c3ccc(Cl)cc23)C1c1ccc(OCCCOCCN2CCOCC2)cc1. The maximum absolute atomic E-state index is 13.5. The lowest BCUT2D eigenvalue weighted by molar-refractivity contribution is 0.0193. The third-order valence-electron chi connectivity index (χ3n) is 7.90. The molecule has 10 heteroatoms. The standard InChI is InChI=1S/C33H35Cl2N3O5/c34-24-4-9-27(10-5-24)43-33(39)38-13-12-28-29-22-25(35)6-11-30(29)36-31(28)32(38)23-2-7-26(8-3-23)42-18-1-17-40-19-14-37-15-20-41-21-16-37/h2-11,22,32,36H,1,12-21H2. The number of morpholine rings is 1. The molecule has 0 spiro atoms. The zero-order chi connectivity index (χ0) is 29.6. The number of aromatic amines is 1. The van der Waals surface area contributed by atoms with Gasteiger partial charge in [-0.05, 0) is 72.1 Å². The molecular formula is C33H35Cl2N3O5. The zero-order valence-electron chi connectivity index (χ0n) is 23.9. The van der Waals surface area contributed by atoms with E-state index < -0.39 is 6.09 Å². The Hall–Kier alpha value is -3.27. The van der Waals surface area contributed by atoms with Gasteiger partial charge in [-0.3, -0.25) is 9.80 Å². The number of fused-ring (bicyclic) bond motifs is 3. The number of amides is 1. The van der Waals surface area contributed by atoms with Gasteiger partial charge in [0, 0.05) is 65.8 Å². The van der Waals surface area contributed by atoms with Gasteiger partial charge in [-0.25, -0.2) is 4.79 Å². The molecular weight excluding hydrogens is 589 g/mol. The lowest BCUT2D eigenvalue weighted by Gasteiger charge is -2.35. The van der Waals surface area contributed by atoms with Crippen molar-refractivity contribution in [1.29, 1.82) is 0 Å². The van der Waals surface area contributed by atoms with Gasteiger partial charge in [0.25, 0.3) is 0 Å². The van der Waals surface area contributed by atoms with E-state index in [2.05, 4.69) is 9.88 Å². The van der Waals surface area contributed by atoms with E-state index in [9.17, 15) is 4.79 Å². The summed E-state index contributed by atoms with van der Waals surface area (Å²) in [5.41, 5.74) is 4.05. The number of H-pyrrole nitrogens is 1. The van der Waals surface area contributed by atoms with Gasteiger partial charge in [0.2, 0.25) is 0 Å². The van der Waals surface area contributed by atoms with E-state index in [0.717, 1.165) is 79.3 Å². The molecule has 1 unspecified atom stereocenters. The smallest absolute Gasteiger partial charge is 0.416 e. The zero-order valence-corrected chi connectivity index (χ0v) is 25.4. The van der Waals surface area contributed by atoms with Gasteiger partial charge in [0.05, 0.1) is 26.4 Å². The molecule has 226 valence electrons. The first kappa shape index (κ1) is 29.8. The quantitative estimate of drug-likeness (QED) is 0.197. The number of rotatable bonds is 10. The molecule has 2 aliphatic heterocycles. The summed E-state index contributed by atoms with van der Waals surface area (Å²) in [5, 5.41) is 2.33. The second-order valence-corrected chi connectivity index (χ2v) is 11.6. The number of hydrogen-bond donors (Lipinski definition) is 1. The van der Waals surface area contributed by atoms with E-state index in [4.69, 9.17) is 42.1 Å². The molecule has 1 N–H and O–H groups in total. The van der Waals surface area contributed by atoms with Crippen LogP contribution in [0.5, 0.6) is 11.5 Å². The maximum Gasteiger partial charge on any atom is 0.416 e. The molecule has 43 heavy (non-hydrogen) atoms. The van der Waals surface area contributed by atoms with Gasteiger partial charge < -0.3 is 23.9 Å². The summed E-state index contributed by atoms with van der Waals surface area (Å²) < 4.78 is 22.9. The first-order valence-corrected chi connectivity index (χ1v) is 15.5. The average molecular weight is 625 g/mol. The molecule has 1 aromatic heterocycles. The minimum atomic E-state index is -0.427. The molecule has 0 bridgehead atoms. The predicted octanol–water partition coefficient (Wildman–Crippen LogP) is 6.74. The Morgan fingerprint density at radius 3 is 2.42 bits per heavy atom. The maximum atomic E-state index is 13.5. The molecule has 1 saturated heterocycles. The Labute approximate surface area is 261 Å². The number of nitrogens with one attached hydrogen (secondary N) is 1. The van der Waals surface area contributed by atoms with Crippen molar-refractivity contribution in [2.75, 3.05) is 59.2 Å². The van der Waals surface area contributed by atoms with Crippen molar-refractivity contribution in [3.63, 3.8) is 0 Å². The molecule has 2 aliphatic rings. The van der Waals surface area contributed by atoms with E-state index in [1.165, 1.54) is 0 Å². The molecule has 1 atom stereocenters. The van der Waals surface area contributed by atoms with Crippen molar-refractivity contribution in [3.05, 3.63) is 93.6 Å². The molecule has 1 amide bonds. The summed E-state index contributed by atoms with van der Waals surface area (Å²) in [6.45, 7) is 6.91. The van der Waals surface area contributed by atoms with Crippen LogP contribution in [0, 0.1) is 0 Å². The van der Waals surface area contributed by atoms with E-state index in [1.54, 1.807) is 29.2 Å². The largest absolute Gasteiger partial charge is 0.494 e. The summed E-state index contributed by atoms with van der Waals surface area (Å²) in [6, 6.07) is 20.2. The van der Waals surface area contributed by atoms with Crippen LogP contribution in [0.3, 0.4) is 0 Å². The lowest BCUT2D eigenvalue weighted by atomic mass is 9.92. The Morgan fingerprint density at radius 1 is 0.884 bits per heavy atom. The molecule has 3 heterocycles. The van der Waals surface area contributed by atoms with Crippen molar-refractivity contribution >= 4 is 40.2 Å². The molecule has 0 radical (unpaired) electrons. The number of aromatic nitrogens is 1. The van der Waals surface area contributed by atoms with Gasteiger partial charge in [-0.2, -0.15) is 0 Å². The summed E-state index contributed by atoms with van der Waals surface area (Å²) in [5.74, 6) is 1.21. The molecule has 8 nitrogen and oxygen atoms in total. The first-order chi connectivity index (χ1) is 21.0. The van der Waals surface area contributed by atoms with Crippen LogP contribution in [-0.4, -0.2) is 80.1 Å². The number of carbonyl (C=O) groups is 1. The molecule has 0 saturated carbocycles. The molecule has 6 rings (SSSR count). The second-order valence-electron chi connectivity index (χ2n) is 10.7. The summed E-state index contributed by atoms with van der Waals surface area (Å²) >= 11 is 12.4. The van der Waals surface area contributed by atoms with E-state index in [1.807, 2.05) is 42.5 Å². The minimum absolute atomic E-state index is 0.372.